The lowest BCUT2D eigenvalue weighted by Crippen LogP contribution is -1.88. The van der Waals surface area contributed by atoms with E-state index in [1.165, 1.54) is 6.33 Å². The largest absolute Gasteiger partial charge is 0.507 e. The standard InChI is InChI=1S/C11H8N4O/c16-10-4-2-1-3-8(10)9-6-15-11(14-9)5-12-7-13-15/h1-7,16H. The molecule has 2 aromatic heterocycles. The van der Waals surface area contributed by atoms with Crippen molar-refractivity contribution in [1.82, 2.24) is 19.6 Å². The average Bonchev–Trinajstić information content (AvgIpc) is 2.73. The quantitative estimate of drug-likeness (QED) is 0.663. The SMILES string of the molecule is Oc1ccccc1-c1cn2ncncc2n1. The highest BCUT2D eigenvalue weighted by molar-refractivity contribution is 5.68. The van der Waals surface area contributed by atoms with Crippen LogP contribution in [0.15, 0.2) is 43.0 Å². The maximum absolute atomic E-state index is 9.70. The Labute approximate surface area is 91.0 Å². The molecule has 5 nitrogen and oxygen atoms in total. The highest BCUT2D eigenvalue weighted by Crippen LogP contribution is 2.27. The Hall–Kier alpha value is -2.43. The lowest BCUT2D eigenvalue weighted by atomic mass is 10.1. The highest BCUT2D eigenvalue weighted by Gasteiger charge is 2.08. The number of phenolic OH excluding ortho intramolecular Hbond substituents is 1. The summed E-state index contributed by atoms with van der Waals surface area (Å²) in [5.41, 5.74) is 2.02. The minimum Gasteiger partial charge on any atom is -0.507 e. The highest BCUT2D eigenvalue weighted by atomic mass is 16.3. The van der Waals surface area contributed by atoms with Crippen molar-refractivity contribution in [2.24, 2.45) is 0 Å². The number of para-hydroxylation sites is 1. The number of phenols is 1. The molecule has 0 aliphatic carbocycles. The summed E-state index contributed by atoms with van der Waals surface area (Å²) in [5, 5.41) is 13.7. The van der Waals surface area contributed by atoms with E-state index in [1.807, 2.05) is 12.1 Å². The fourth-order valence-corrected chi connectivity index (χ4v) is 1.57. The van der Waals surface area contributed by atoms with E-state index < -0.39 is 0 Å². The van der Waals surface area contributed by atoms with Crippen molar-refractivity contribution < 1.29 is 5.11 Å². The monoisotopic (exact) mass is 212 g/mol. The van der Waals surface area contributed by atoms with Gasteiger partial charge in [-0.1, -0.05) is 12.1 Å². The van der Waals surface area contributed by atoms with E-state index >= 15 is 0 Å². The number of hydrogen-bond acceptors (Lipinski definition) is 4. The number of rotatable bonds is 1. The molecule has 0 atom stereocenters. The van der Waals surface area contributed by atoms with Crippen molar-refractivity contribution in [3.05, 3.63) is 43.0 Å². The molecule has 78 valence electrons. The summed E-state index contributed by atoms with van der Waals surface area (Å²) >= 11 is 0. The summed E-state index contributed by atoms with van der Waals surface area (Å²) in [5.74, 6) is 0.207. The zero-order valence-corrected chi connectivity index (χ0v) is 8.28. The van der Waals surface area contributed by atoms with Crippen molar-refractivity contribution in [3.63, 3.8) is 0 Å². The second kappa shape index (κ2) is 3.30. The minimum atomic E-state index is 0.207. The van der Waals surface area contributed by atoms with Gasteiger partial charge in [0.15, 0.2) is 5.65 Å². The lowest BCUT2D eigenvalue weighted by molar-refractivity contribution is 0.477. The Morgan fingerprint density at radius 2 is 2.06 bits per heavy atom. The first-order valence-electron chi connectivity index (χ1n) is 4.78. The van der Waals surface area contributed by atoms with E-state index in [4.69, 9.17) is 0 Å². The molecular weight excluding hydrogens is 204 g/mol. The molecule has 3 rings (SSSR count). The summed E-state index contributed by atoms with van der Waals surface area (Å²) in [4.78, 5) is 8.21. The molecule has 0 amide bonds. The van der Waals surface area contributed by atoms with Gasteiger partial charge in [-0.25, -0.2) is 14.5 Å². The van der Waals surface area contributed by atoms with Crippen LogP contribution in [0.2, 0.25) is 0 Å². The summed E-state index contributed by atoms with van der Waals surface area (Å²) in [7, 11) is 0. The van der Waals surface area contributed by atoms with E-state index in [0.717, 1.165) is 0 Å². The number of imidazole rings is 1. The van der Waals surface area contributed by atoms with Gasteiger partial charge in [-0.15, -0.1) is 0 Å². The molecule has 0 aliphatic rings. The van der Waals surface area contributed by atoms with Crippen LogP contribution < -0.4 is 0 Å². The summed E-state index contributed by atoms with van der Waals surface area (Å²) in [6.45, 7) is 0. The van der Waals surface area contributed by atoms with Gasteiger partial charge in [-0.2, -0.15) is 5.10 Å². The van der Waals surface area contributed by atoms with Gasteiger partial charge in [0.25, 0.3) is 0 Å². The first-order valence-corrected chi connectivity index (χ1v) is 4.78. The van der Waals surface area contributed by atoms with Gasteiger partial charge in [0.2, 0.25) is 0 Å². The number of aromatic nitrogens is 4. The zero-order valence-electron chi connectivity index (χ0n) is 8.28. The number of aromatic hydroxyl groups is 1. The second-order valence-electron chi connectivity index (χ2n) is 3.36. The maximum atomic E-state index is 9.70. The summed E-state index contributed by atoms with van der Waals surface area (Å²) < 4.78 is 1.62. The van der Waals surface area contributed by atoms with Gasteiger partial charge in [0, 0.05) is 5.56 Å². The summed E-state index contributed by atoms with van der Waals surface area (Å²) in [6.07, 6.45) is 4.83. The Kier molecular flexibility index (Phi) is 1.83. The van der Waals surface area contributed by atoms with Gasteiger partial charge in [-0.05, 0) is 12.1 Å². The molecule has 2 heterocycles. The number of hydrogen-bond donors (Lipinski definition) is 1. The van der Waals surface area contributed by atoms with Gasteiger partial charge < -0.3 is 5.11 Å². The lowest BCUT2D eigenvalue weighted by Gasteiger charge is -1.98. The Bertz CT molecular complexity index is 614. The van der Waals surface area contributed by atoms with Crippen LogP contribution in [0.1, 0.15) is 0 Å². The molecular formula is C11H8N4O. The molecule has 1 aromatic carbocycles. The van der Waals surface area contributed by atoms with Gasteiger partial charge in [0.1, 0.15) is 12.1 Å². The molecule has 1 N–H and O–H groups in total. The number of nitrogens with zero attached hydrogens (tertiary/aromatic N) is 4. The summed E-state index contributed by atoms with van der Waals surface area (Å²) in [6, 6.07) is 7.06. The Balaban J connectivity index is 2.23. The zero-order chi connectivity index (χ0) is 11.0. The first-order chi connectivity index (χ1) is 7.84. The molecule has 0 radical (unpaired) electrons. The first kappa shape index (κ1) is 8.84. The third-order valence-corrected chi connectivity index (χ3v) is 2.33. The van der Waals surface area contributed by atoms with E-state index in [9.17, 15) is 5.11 Å². The van der Waals surface area contributed by atoms with Crippen molar-refractivity contribution in [3.8, 4) is 17.0 Å². The predicted octanol–water partition coefficient (Wildman–Crippen LogP) is 1.50. The second-order valence-corrected chi connectivity index (χ2v) is 3.36. The average molecular weight is 212 g/mol. The molecule has 16 heavy (non-hydrogen) atoms. The fraction of sp³-hybridized carbons (Fsp3) is 0. The van der Waals surface area contributed by atoms with E-state index in [0.29, 0.717) is 16.9 Å². The molecule has 5 heteroatoms. The molecule has 3 aromatic rings. The van der Waals surface area contributed by atoms with Crippen LogP contribution in [0.4, 0.5) is 0 Å². The predicted molar refractivity (Wildman–Crippen MR) is 57.9 cm³/mol. The minimum absolute atomic E-state index is 0.207. The van der Waals surface area contributed by atoms with E-state index in [-0.39, 0.29) is 5.75 Å². The van der Waals surface area contributed by atoms with Crippen LogP contribution in [0.3, 0.4) is 0 Å². The van der Waals surface area contributed by atoms with Crippen LogP contribution in [-0.2, 0) is 0 Å². The molecule has 0 fully saturated rings. The van der Waals surface area contributed by atoms with Crippen molar-refractivity contribution >= 4 is 5.65 Å². The normalized spacial score (nSPS) is 10.8. The van der Waals surface area contributed by atoms with Gasteiger partial charge in [0.05, 0.1) is 18.1 Å². The van der Waals surface area contributed by atoms with Crippen molar-refractivity contribution in [2.75, 3.05) is 0 Å². The Morgan fingerprint density at radius 3 is 2.88 bits per heavy atom. The molecule has 0 bridgehead atoms. The van der Waals surface area contributed by atoms with Crippen LogP contribution in [0.5, 0.6) is 5.75 Å². The van der Waals surface area contributed by atoms with Crippen LogP contribution in [0, 0.1) is 0 Å². The van der Waals surface area contributed by atoms with E-state index in [2.05, 4.69) is 15.1 Å². The van der Waals surface area contributed by atoms with Crippen LogP contribution in [0.25, 0.3) is 16.9 Å². The van der Waals surface area contributed by atoms with Crippen LogP contribution >= 0.6 is 0 Å². The third kappa shape index (κ3) is 1.30. The smallest absolute Gasteiger partial charge is 0.172 e. The third-order valence-electron chi connectivity index (χ3n) is 2.33. The van der Waals surface area contributed by atoms with Gasteiger partial charge >= 0.3 is 0 Å². The molecule has 0 spiro atoms. The molecule has 0 aliphatic heterocycles. The fourth-order valence-electron chi connectivity index (χ4n) is 1.57. The molecule has 0 saturated heterocycles. The number of fused-ring (bicyclic) bond motifs is 1. The number of benzene rings is 1. The van der Waals surface area contributed by atoms with Crippen molar-refractivity contribution in [2.45, 2.75) is 0 Å². The van der Waals surface area contributed by atoms with E-state index in [1.54, 1.807) is 29.0 Å². The van der Waals surface area contributed by atoms with Crippen molar-refractivity contribution in [1.29, 1.82) is 0 Å². The Morgan fingerprint density at radius 1 is 1.19 bits per heavy atom. The molecule has 0 saturated carbocycles. The molecule has 0 unspecified atom stereocenters. The maximum Gasteiger partial charge on any atom is 0.172 e. The van der Waals surface area contributed by atoms with Gasteiger partial charge in [-0.3, -0.25) is 0 Å². The topological polar surface area (TPSA) is 63.3 Å². The van der Waals surface area contributed by atoms with Crippen LogP contribution in [-0.4, -0.2) is 24.7 Å².